The fraction of sp³-hybridized carbons (Fsp3) is 0.417. The van der Waals surface area contributed by atoms with E-state index in [9.17, 15) is 9.90 Å². The number of hydrogen-bond donors (Lipinski definition) is 1. The van der Waals surface area contributed by atoms with E-state index >= 15 is 0 Å². The van der Waals surface area contributed by atoms with Crippen LogP contribution < -0.4 is 0 Å². The minimum atomic E-state index is -0.199. The number of hydrogen-bond acceptors (Lipinski definition) is 3. The van der Waals surface area contributed by atoms with Gasteiger partial charge in [0.2, 0.25) is 0 Å². The Balaban J connectivity index is 2.20. The van der Waals surface area contributed by atoms with Crippen LogP contribution in [0.5, 0.6) is 5.75 Å². The molecule has 1 aromatic rings. The minimum Gasteiger partial charge on any atom is -0.507 e. The molecule has 0 atom stereocenters. The lowest BCUT2D eigenvalue weighted by Gasteiger charge is -2.20. The molecule has 5 heteroatoms. The summed E-state index contributed by atoms with van der Waals surface area (Å²) < 4.78 is 5.28. The van der Waals surface area contributed by atoms with E-state index in [2.05, 4.69) is 0 Å². The number of nitrogens with zero attached hydrogens (tertiary/aromatic N) is 1. The van der Waals surface area contributed by atoms with Crippen molar-refractivity contribution in [2.75, 3.05) is 26.3 Å². The van der Waals surface area contributed by atoms with Crippen molar-refractivity contribution < 1.29 is 14.6 Å². The van der Waals surface area contributed by atoms with E-state index < -0.39 is 0 Å². The van der Waals surface area contributed by atoms with Crippen LogP contribution in [0.25, 0.3) is 0 Å². The van der Waals surface area contributed by atoms with Crippen LogP contribution in [0.1, 0.15) is 16.8 Å². The van der Waals surface area contributed by atoms with Crippen LogP contribution in [-0.4, -0.2) is 42.2 Å². The third-order valence-electron chi connectivity index (χ3n) is 2.70. The lowest BCUT2D eigenvalue weighted by molar-refractivity contribution is 0.0738. The average Bonchev–Trinajstić information content (AvgIpc) is 2.60. The smallest absolute Gasteiger partial charge is 0.257 e. The number of amides is 1. The first kappa shape index (κ1) is 12.2. The highest BCUT2D eigenvalue weighted by Crippen LogP contribution is 2.23. The minimum absolute atomic E-state index is 0.0374. The van der Waals surface area contributed by atoms with Crippen LogP contribution in [0.15, 0.2) is 18.2 Å². The second-order valence-corrected chi connectivity index (χ2v) is 4.36. The van der Waals surface area contributed by atoms with Gasteiger partial charge >= 0.3 is 0 Å². The van der Waals surface area contributed by atoms with Crippen LogP contribution in [-0.2, 0) is 4.74 Å². The van der Waals surface area contributed by atoms with Crippen LogP contribution in [0, 0.1) is 0 Å². The Morgan fingerprint density at radius 3 is 3.00 bits per heavy atom. The van der Waals surface area contributed by atoms with Gasteiger partial charge in [0.05, 0.1) is 12.2 Å². The van der Waals surface area contributed by atoms with Gasteiger partial charge in [-0.25, -0.2) is 0 Å². The SMILES string of the molecule is O=C(c1cc(Cl)ccc1O)N1CCCOCC1. The quantitative estimate of drug-likeness (QED) is 0.834. The van der Waals surface area contributed by atoms with Crippen LogP contribution in [0.2, 0.25) is 5.02 Å². The largest absolute Gasteiger partial charge is 0.507 e. The van der Waals surface area contributed by atoms with Gasteiger partial charge < -0.3 is 14.7 Å². The number of rotatable bonds is 1. The van der Waals surface area contributed by atoms with Gasteiger partial charge in [-0.05, 0) is 24.6 Å². The summed E-state index contributed by atoms with van der Waals surface area (Å²) in [7, 11) is 0. The molecule has 1 saturated heterocycles. The number of carbonyl (C=O) groups is 1. The Morgan fingerprint density at radius 1 is 1.35 bits per heavy atom. The van der Waals surface area contributed by atoms with Crippen LogP contribution >= 0.6 is 11.6 Å². The van der Waals surface area contributed by atoms with E-state index in [4.69, 9.17) is 16.3 Å². The zero-order valence-electron chi connectivity index (χ0n) is 9.36. The van der Waals surface area contributed by atoms with Gasteiger partial charge in [-0.1, -0.05) is 11.6 Å². The highest BCUT2D eigenvalue weighted by molar-refractivity contribution is 6.31. The highest BCUT2D eigenvalue weighted by Gasteiger charge is 2.20. The summed E-state index contributed by atoms with van der Waals surface area (Å²) in [6.45, 7) is 2.40. The summed E-state index contributed by atoms with van der Waals surface area (Å²) in [5.41, 5.74) is 0.249. The normalized spacial score (nSPS) is 16.6. The molecule has 0 aliphatic carbocycles. The molecule has 92 valence electrons. The molecule has 0 unspecified atom stereocenters. The molecule has 0 aromatic heterocycles. The van der Waals surface area contributed by atoms with Gasteiger partial charge in [-0.3, -0.25) is 4.79 Å². The molecule has 4 nitrogen and oxygen atoms in total. The highest BCUT2D eigenvalue weighted by atomic mass is 35.5. The molecule has 1 aromatic carbocycles. The molecule has 1 fully saturated rings. The van der Waals surface area contributed by atoms with Crippen molar-refractivity contribution in [3.63, 3.8) is 0 Å². The first-order valence-electron chi connectivity index (χ1n) is 5.54. The average molecular weight is 256 g/mol. The predicted octanol–water partition coefficient (Wildman–Crippen LogP) is 1.91. The van der Waals surface area contributed by atoms with Gasteiger partial charge in [-0.15, -0.1) is 0 Å². The fourth-order valence-electron chi connectivity index (χ4n) is 1.80. The van der Waals surface area contributed by atoms with Crippen molar-refractivity contribution in [2.24, 2.45) is 0 Å². The molecule has 1 heterocycles. The topological polar surface area (TPSA) is 49.8 Å². The van der Waals surface area contributed by atoms with Gasteiger partial charge in [0.1, 0.15) is 5.75 Å². The number of halogens is 1. The molecule has 1 amide bonds. The molecule has 17 heavy (non-hydrogen) atoms. The van der Waals surface area contributed by atoms with Crippen molar-refractivity contribution in [2.45, 2.75) is 6.42 Å². The third-order valence-corrected chi connectivity index (χ3v) is 2.93. The molecule has 1 N–H and O–H groups in total. The summed E-state index contributed by atoms with van der Waals surface area (Å²) >= 11 is 5.83. The summed E-state index contributed by atoms with van der Waals surface area (Å²) in [4.78, 5) is 13.9. The van der Waals surface area contributed by atoms with E-state index in [1.165, 1.54) is 12.1 Å². The molecule has 1 aliphatic heterocycles. The number of phenolic OH excluding ortho intramolecular Hbond substituents is 1. The van der Waals surface area contributed by atoms with E-state index in [-0.39, 0.29) is 17.2 Å². The number of aromatic hydroxyl groups is 1. The van der Waals surface area contributed by atoms with Crippen molar-refractivity contribution in [3.8, 4) is 5.75 Å². The second-order valence-electron chi connectivity index (χ2n) is 3.92. The number of phenols is 1. The lowest BCUT2D eigenvalue weighted by atomic mass is 10.1. The summed E-state index contributed by atoms with van der Waals surface area (Å²) in [5.74, 6) is -0.236. The zero-order valence-corrected chi connectivity index (χ0v) is 10.1. The van der Waals surface area contributed by atoms with Crippen molar-refractivity contribution in [3.05, 3.63) is 28.8 Å². The molecule has 2 rings (SSSR count). The predicted molar refractivity (Wildman–Crippen MR) is 64.5 cm³/mol. The molecule has 0 saturated carbocycles. The molecular weight excluding hydrogens is 242 g/mol. The van der Waals surface area contributed by atoms with Crippen molar-refractivity contribution >= 4 is 17.5 Å². The van der Waals surface area contributed by atoms with E-state index in [1.54, 1.807) is 11.0 Å². The molecule has 0 bridgehead atoms. The third kappa shape index (κ3) is 2.90. The Hall–Kier alpha value is -1.26. The van der Waals surface area contributed by atoms with Gasteiger partial charge in [0, 0.05) is 24.7 Å². The fourth-order valence-corrected chi connectivity index (χ4v) is 1.97. The van der Waals surface area contributed by atoms with E-state index in [1.807, 2.05) is 0 Å². The van der Waals surface area contributed by atoms with E-state index in [0.717, 1.165) is 6.42 Å². The molecule has 0 radical (unpaired) electrons. The number of ether oxygens (including phenoxy) is 1. The first-order chi connectivity index (χ1) is 8.18. The zero-order chi connectivity index (χ0) is 12.3. The molecule has 0 spiro atoms. The standard InChI is InChI=1S/C12H14ClNO3/c13-9-2-3-11(15)10(8-9)12(16)14-4-1-6-17-7-5-14/h2-3,8,15H,1,4-7H2. The van der Waals surface area contributed by atoms with Gasteiger partial charge in [-0.2, -0.15) is 0 Å². The summed E-state index contributed by atoms with van der Waals surface area (Å²) in [6, 6.07) is 4.48. The van der Waals surface area contributed by atoms with Gasteiger partial charge in [0.15, 0.2) is 0 Å². The Morgan fingerprint density at radius 2 is 2.18 bits per heavy atom. The second kappa shape index (κ2) is 5.38. The maximum absolute atomic E-state index is 12.2. The Kier molecular flexibility index (Phi) is 3.86. The monoisotopic (exact) mass is 255 g/mol. The van der Waals surface area contributed by atoms with Gasteiger partial charge in [0.25, 0.3) is 5.91 Å². The summed E-state index contributed by atoms with van der Waals surface area (Å²) in [5, 5.41) is 10.1. The lowest BCUT2D eigenvalue weighted by Crippen LogP contribution is -2.33. The first-order valence-corrected chi connectivity index (χ1v) is 5.92. The summed E-state index contributed by atoms with van der Waals surface area (Å²) in [6.07, 6.45) is 0.813. The van der Waals surface area contributed by atoms with Crippen molar-refractivity contribution in [1.29, 1.82) is 0 Å². The Bertz CT molecular complexity index is 414. The molecule has 1 aliphatic rings. The number of carbonyl (C=O) groups excluding carboxylic acids is 1. The number of benzene rings is 1. The maximum Gasteiger partial charge on any atom is 0.257 e. The molecular formula is C12H14ClNO3. The Labute approximate surface area is 105 Å². The maximum atomic E-state index is 12.2. The van der Waals surface area contributed by atoms with Crippen molar-refractivity contribution in [1.82, 2.24) is 4.90 Å². The van der Waals surface area contributed by atoms with E-state index in [0.29, 0.717) is 31.3 Å². The van der Waals surface area contributed by atoms with Crippen LogP contribution in [0.3, 0.4) is 0 Å². The van der Waals surface area contributed by atoms with Crippen LogP contribution in [0.4, 0.5) is 0 Å².